The number of rotatable bonds is 12. The van der Waals surface area contributed by atoms with E-state index in [0.717, 1.165) is 0 Å². The first-order chi connectivity index (χ1) is 12.7. The number of hydrogen-bond donors (Lipinski definition) is 0. The normalized spacial score (nSPS) is 9.86. The van der Waals surface area contributed by atoms with Gasteiger partial charge in [-0.1, -0.05) is 52.4 Å². The Hall–Kier alpha value is -0.810. The van der Waals surface area contributed by atoms with Crippen molar-refractivity contribution in [2.24, 2.45) is 14.1 Å². The first-order valence-electron chi connectivity index (χ1n) is 10.7. The summed E-state index contributed by atoms with van der Waals surface area (Å²) in [7, 11) is 4.13. The van der Waals surface area contributed by atoms with Gasteiger partial charge in [0, 0.05) is 0 Å². The Morgan fingerprint density at radius 2 is 0.964 bits per heavy atom. The van der Waals surface area contributed by atoms with Crippen molar-refractivity contribution in [3.8, 4) is 0 Å². The lowest BCUT2D eigenvalue weighted by Crippen LogP contribution is -3.00. The standard InChI is InChI=1S/2C11H21N2.BrH.ClH/c2*1-3-4-5-6-7-8-13-10-9-12(2)11-13;;/h2*9-11H,3-8H2,1-2H3;2*1H/q2*+1;;/p-2. The lowest BCUT2D eigenvalue weighted by atomic mass is 10.1. The summed E-state index contributed by atoms with van der Waals surface area (Å²) in [5.41, 5.74) is 0. The SMILES string of the molecule is CCCCCCCn1cc[n+](C)c1.CCCCCCCn1cc[n+](C)c1.[Br-].[Cl-]. The molecule has 28 heavy (non-hydrogen) atoms. The van der Waals surface area contributed by atoms with Crippen LogP contribution in [0.5, 0.6) is 0 Å². The van der Waals surface area contributed by atoms with Crippen molar-refractivity contribution in [3.63, 3.8) is 0 Å². The summed E-state index contributed by atoms with van der Waals surface area (Å²) in [4.78, 5) is 0. The van der Waals surface area contributed by atoms with E-state index >= 15 is 0 Å². The number of unbranched alkanes of at least 4 members (excludes halogenated alkanes) is 8. The number of imidazole rings is 2. The number of nitrogens with zero attached hydrogens (tertiary/aromatic N) is 4. The molecule has 6 heteroatoms. The summed E-state index contributed by atoms with van der Waals surface area (Å²) < 4.78 is 8.69. The van der Waals surface area contributed by atoms with E-state index in [1.807, 2.05) is 0 Å². The van der Waals surface area contributed by atoms with Gasteiger partial charge in [-0.3, -0.25) is 0 Å². The van der Waals surface area contributed by atoms with E-state index < -0.39 is 0 Å². The summed E-state index contributed by atoms with van der Waals surface area (Å²) >= 11 is 0. The Morgan fingerprint density at radius 1 is 0.607 bits per heavy atom. The van der Waals surface area contributed by atoms with Crippen LogP contribution in [-0.2, 0) is 27.2 Å². The van der Waals surface area contributed by atoms with Crippen LogP contribution in [0, 0.1) is 0 Å². The lowest BCUT2D eigenvalue weighted by Gasteiger charge is -1.97. The molecule has 0 aromatic carbocycles. The minimum atomic E-state index is 0. The van der Waals surface area contributed by atoms with E-state index in [9.17, 15) is 0 Å². The Bertz CT molecular complexity index is 518. The molecule has 4 nitrogen and oxygen atoms in total. The van der Waals surface area contributed by atoms with Crippen LogP contribution in [0.2, 0.25) is 0 Å². The molecule has 0 aliphatic rings. The average Bonchev–Trinajstić information content (AvgIpc) is 3.23. The highest BCUT2D eigenvalue weighted by Gasteiger charge is 1.99. The Labute approximate surface area is 190 Å². The number of aromatic nitrogens is 4. The quantitative estimate of drug-likeness (QED) is 0.264. The van der Waals surface area contributed by atoms with Crippen molar-refractivity contribution in [3.05, 3.63) is 37.4 Å². The third kappa shape index (κ3) is 15.2. The summed E-state index contributed by atoms with van der Waals surface area (Å²) in [5, 5.41) is 0. The Balaban J connectivity index is 0. The van der Waals surface area contributed by atoms with Gasteiger partial charge in [0.1, 0.15) is 24.8 Å². The van der Waals surface area contributed by atoms with Gasteiger partial charge in [-0.2, -0.15) is 0 Å². The van der Waals surface area contributed by atoms with Crippen LogP contribution in [0.25, 0.3) is 0 Å². The largest absolute Gasteiger partial charge is 1.00 e. The first kappa shape index (κ1) is 29.4. The summed E-state index contributed by atoms with van der Waals surface area (Å²) in [6.07, 6.45) is 26.3. The van der Waals surface area contributed by atoms with Crippen LogP contribution in [0.3, 0.4) is 0 Å². The average molecular weight is 478 g/mol. The zero-order valence-corrected chi connectivity index (χ0v) is 20.8. The lowest BCUT2D eigenvalue weighted by molar-refractivity contribution is -0.671. The van der Waals surface area contributed by atoms with Gasteiger partial charge in [-0.25, -0.2) is 18.3 Å². The van der Waals surface area contributed by atoms with Crippen molar-refractivity contribution in [2.75, 3.05) is 0 Å². The fourth-order valence-corrected chi connectivity index (χ4v) is 3.06. The molecule has 0 saturated carbocycles. The van der Waals surface area contributed by atoms with Crippen LogP contribution in [0.4, 0.5) is 0 Å². The maximum absolute atomic E-state index is 2.26. The highest BCUT2D eigenvalue weighted by Crippen LogP contribution is 2.04. The monoisotopic (exact) mass is 476 g/mol. The smallest absolute Gasteiger partial charge is 0.243 e. The van der Waals surface area contributed by atoms with Crippen LogP contribution in [0.15, 0.2) is 37.4 Å². The fraction of sp³-hybridized carbons (Fsp3) is 0.727. The molecular weight excluding hydrogens is 436 g/mol. The molecule has 0 fully saturated rings. The summed E-state index contributed by atoms with van der Waals surface area (Å²) in [5.74, 6) is 0. The van der Waals surface area contributed by atoms with Crippen molar-refractivity contribution in [1.82, 2.24) is 9.13 Å². The molecule has 0 aliphatic carbocycles. The Kier molecular flexibility index (Phi) is 20.5. The predicted octanol–water partition coefficient (Wildman–Crippen LogP) is -1.43. The van der Waals surface area contributed by atoms with Crippen LogP contribution in [-0.4, -0.2) is 9.13 Å². The Morgan fingerprint density at radius 3 is 1.25 bits per heavy atom. The van der Waals surface area contributed by atoms with Crippen molar-refractivity contribution in [2.45, 2.75) is 91.1 Å². The molecule has 0 N–H and O–H groups in total. The molecule has 0 amide bonds. The van der Waals surface area contributed by atoms with Crippen molar-refractivity contribution < 1.29 is 38.5 Å². The number of halogens is 2. The van der Waals surface area contributed by atoms with Gasteiger partial charge in [0.2, 0.25) is 12.7 Å². The molecular formula is C22H42BrClN4. The second kappa shape index (κ2) is 19.5. The molecule has 0 bridgehead atoms. The molecule has 2 aromatic heterocycles. The van der Waals surface area contributed by atoms with E-state index in [4.69, 9.17) is 0 Å². The van der Waals surface area contributed by atoms with Gasteiger partial charge in [0.05, 0.1) is 27.2 Å². The molecule has 2 aromatic rings. The zero-order valence-electron chi connectivity index (χ0n) is 18.5. The van der Waals surface area contributed by atoms with E-state index in [-0.39, 0.29) is 29.4 Å². The fourth-order valence-electron chi connectivity index (χ4n) is 3.06. The van der Waals surface area contributed by atoms with Crippen LogP contribution < -0.4 is 38.5 Å². The maximum Gasteiger partial charge on any atom is 0.243 e. The van der Waals surface area contributed by atoms with E-state index in [1.54, 1.807) is 0 Å². The highest BCUT2D eigenvalue weighted by molar-refractivity contribution is 4.66. The minimum Gasteiger partial charge on any atom is -1.00 e. The number of hydrogen-bond acceptors (Lipinski definition) is 0. The minimum absolute atomic E-state index is 0. The second-order valence-electron chi connectivity index (χ2n) is 7.46. The van der Waals surface area contributed by atoms with E-state index in [0.29, 0.717) is 0 Å². The van der Waals surface area contributed by atoms with E-state index in [1.165, 1.54) is 77.3 Å². The highest BCUT2D eigenvalue weighted by atomic mass is 79.9. The van der Waals surface area contributed by atoms with Gasteiger partial charge in [-0.05, 0) is 25.7 Å². The van der Waals surface area contributed by atoms with Crippen molar-refractivity contribution in [1.29, 1.82) is 0 Å². The molecule has 2 rings (SSSR count). The predicted molar refractivity (Wildman–Crippen MR) is 109 cm³/mol. The summed E-state index contributed by atoms with van der Waals surface area (Å²) in [6.45, 7) is 6.85. The third-order valence-electron chi connectivity index (χ3n) is 4.69. The van der Waals surface area contributed by atoms with Gasteiger partial charge in [0.15, 0.2) is 0 Å². The topological polar surface area (TPSA) is 17.6 Å². The molecule has 0 unspecified atom stereocenters. The molecule has 0 radical (unpaired) electrons. The number of aryl methyl sites for hydroxylation is 4. The zero-order chi connectivity index (χ0) is 19.0. The van der Waals surface area contributed by atoms with E-state index in [2.05, 4.69) is 83.7 Å². The van der Waals surface area contributed by atoms with Gasteiger partial charge in [0.25, 0.3) is 0 Å². The van der Waals surface area contributed by atoms with Crippen LogP contribution >= 0.6 is 0 Å². The van der Waals surface area contributed by atoms with Gasteiger partial charge < -0.3 is 29.4 Å². The molecule has 0 atom stereocenters. The first-order valence-corrected chi connectivity index (χ1v) is 10.7. The van der Waals surface area contributed by atoms with Gasteiger partial charge in [-0.15, -0.1) is 0 Å². The third-order valence-corrected chi connectivity index (χ3v) is 4.69. The summed E-state index contributed by atoms with van der Waals surface area (Å²) in [6, 6.07) is 0. The van der Waals surface area contributed by atoms with Crippen LogP contribution in [0.1, 0.15) is 78.1 Å². The molecule has 0 spiro atoms. The second-order valence-corrected chi connectivity index (χ2v) is 7.46. The van der Waals surface area contributed by atoms with Crippen molar-refractivity contribution >= 4 is 0 Å². The molecule has 2 heterocycles. The molecule has 0 aliphatic heterocycles. The van der Waals surface area contributed by atoms with Gasteiger partial charge >= 0.3 is 0 Å². The molecule has 164 valence electrons. The maximum atomic E-state index is 2.26. The molecule has 0 saturated heterocycles.